The van der Waals surface area contributed by atoms with E-state index in [-0.39, 0.29) is 11.9 Å². The van der Waals surface area contributed by atoms with Crippen LogP contribution in [-0.4, -0.2) is 20.7 Å². The number of nitrogens with zero attached hydrogens (tertiary/aromatic N) is 3. The van der Waals surface area contributed by atoms with Crippen LogP contribution in [-0.2, 0) is 0 Å². The Balaban J connectivity index is 1.77. The van der Waals surface area contributed by atoms with Crippen molar-refractivity contribution in [1.29, 1.82) is 0 Å². The minimum absolute atomic E-state index is 0.152. The number of aryl methyl sites for hydroxylation is 1. The average Bonchev–Trinajstić information content (AvgIpc) is 3.11. The number of carbonyl (C=O) groups is 1. The zero-order chi connectivity index (χ0) is 18.0. The predicted octanol–water partition coefficient (Wildman–Crippen LogP) is 4.37. The molecule has 1 N–H and O–H groups in total. The van der Waals surface area contributed by atoms with E-state index >= 15 is 0 Å². The summed E-state index contributed by atoms with van der Waals surface area (Å²) >= 11 is 12.0. The van der Waals surface area contributed by atoms with Crippen molar-refractivity contribution in [1.82, 2.24) is 20.1 Å². The fourth-order valence-corrected chi connectivity index (χ4v) is 2.83. The van der Waals surface area contributed by atoms with E-state index in [4.69, 9.17) is 23.2 Å². The summed E-state index contributed by atoms with van der Waals surface area (Å²) in [7, 11) is 0. The van der Waals surface area contributed by atoms with Gasteiger partial charge in [0.25, 0.3) is 5.91 Å². The van der Waals surface area contributed by atoms with Crippen LogP contribution in [0.1, 0.15) is 34.5 Å². The largest absolute Gasteiger partial charge is 0.346 e. The second kappa shape index (κ2) is 7.25. The summed E-state index contributed by atoms with van der Waals surface area (Å²) in [4.78, 5) is 16.5. The zero-order valence-electron chi connectivity index (χ0n) is 13.7. The number of rotatable bonds is 4. The Kier molecular flexibility index (Phi) is 5.06. The molecular weight excluding hydrogens is 359 g/mol. The molecule has 0 unspecified atom stereocenters. The molecule has 0 saturated carbocycles. The fourth-order valence-electron chi connectivity index (χ4n) is 2.53. The SMILES string of the molecule is Cc1cc(-n2cncn2)ccc1C(=O)N[C@H](C)c1ccc(Cl)c(Cl)c1. The summed E-state index contributed by atoms with van der Waals surface area (Å²) in [5, 5.41) is 8.02. The first-order chi connectivity index (χ1) is 12.0. The topological polar surface area (TPSA) is 59.8 Å². The van der Waals surface area contributed by atoms with Crippen molar-refractivity contribution in [3.63, 3.8) is 0 Å². The molecule has 25 heavy (non-hydrogen) atoms. The monoisotopic (exact) mass is 374 g/mol. The standard InChI is InChI=1S/C18H16Cl2N4O/c1-11-7-14(24-10-21-9-22-24)4-5-15(11)18(25)23-12(2)13-3-6-16(19)17(20)8-13/h3-10,12H,1-2H3,(H,23,25)/t12-/m1/s1. The third-order valence-corrected chi connectivity index (χ3v) is 4.67. The molecule has 0 radical (unpaired) electrons. The minimum Gasteiger partial charge on any atom is -0.346 e. The molecule has 1 aromatic heterocycles. The molecule has 0 bridgehead atoms. The molecular formula is C18H16Cl2N4O. The van der Waals surface area contributed by atoms with Crippen LogP contribution in [0, 0.1) is 6.92 Å². The van der Waals surface area contributed by atoms with Crippen LogP contribution in [0.15, 0.2) is 49.1 Å². The number of hydrogen-bond acceptors (Lipinski definition) is 3. The van der Waals surface area contributed by atoms with Gasteiger partial charge >= 0.3 is 0 Å². The third-order valence-electron chi connectivity index (χ3n) is 3.93. The molecule has 2 aromatic carbocycles. The minimum atomic E-state index is -0.198. The van der Waals surface area contributed by atoms with Gasteiger partial charge in [0, 0.05) is 5.56 Å². The molecule has 0 aliphatic heterocycles. The number of nitrogens with one attached hydrogen (secondary N) is 1. The summed E-state index contributed by atoms with van der Waals surface area (Å²) in [6.45, 7) is 3.79. The quantitative estimate of drug-likeness (QED) is 0.737. The average molecular weight is 375 g/mol. The molecule has 1 heterocycles. The van der Waals surface area contributed by atoms with Gasteiger partial charge < -0.3 is 5.32 Å². The van der Waals surface area contributed by atoms with Crippen molar-refractivity contribution in [3.05, 3.63) is 75.8 Å². The van der Waals surface area contributed by atoms with Gasteiger partial charge in [0.15, 0.2) is 0 Å². The van der Waals surface area contributed by atoms with Crippen molar-refractivity contribution in [2.24, 2.45) is 0 Å². The summed E-state index contributed by atoms with van der Waals surface area (Å²) in [6.07, 6.45) is 3.08. The highest BCUT2D eigenvalue weighted by Crippen LogP contribution is 2.26. The highest BCUT2D eigenvalue weighted by atomic mass is 35.5. The molecule has 5 nitrogen and oxygen atoms in total. The predicted molar refractivity (Wildman–Crippen MR) is 98.4 cm³/mol. The molecule has 1 amide bonds. The summed E-state index contributed by atoms with van der Waals surface area (Å²) in [5.41, 5.74) is 3.20. The summed E-state index contributed by atoms with van der Waals surface area (Å²) in [5.74, 6) is -0.152. The van der Waals surface area contributed by atoms with Crippen molar-refractivity contribution in [2.45, 2.75) is 19.9 Å². The molecule has 0 fully saturated rings. The molecule has 128 valence electrons. The number of carbonyl (C=O) groups excluding carboxylic acids is 1. The van der Waals surface area contributed by atoms with E-state index in [0.29, 0.717) is 15.6 Å². The first kappa shape index (κ1) is 17.5. The van der Waals surface area contributed by atoms with Crippen LogP contribution < -0.4 is 5.32 Å². The van der Waals surface area contributed by atoms with Gasteiger partial charge in [0.1, 0.15) is 12.7 Å². The number of halogens is 2. The second-order valence-corrected chi connectivity index (χ2v) is 6.52. The molecule has 7 heteroatoms. The van der Waals surface area contributed by atoms with Crippen LogP contribution in [0.25, 0.3) is 5.69 Å². The molecule has 0 saturated heterocycles. The van der Waals surface area contributed by atoms with Gasteiger partial charge in [0.05, 0.1) is 21.8 Å². The Labute approximate surface area is 155 Å². The number of aromatic nitrogens is 3. The lowest BCUT2D eigenvalue weighted by atomic mass is 10.0. The van der Waals surface area contributed by atoms with E-state index in [0.717, 1.165) is 16.8 Å². The van der Waals surface area contributed by atoms with E-state index in [1.165, 1.54) is 6.33 Å². The number of amides is 1. The fraction of sp³-hybridized carbons (Fsp3) is 0.167. The van der Waals surface area contributed by atoms with Crippen LogP contribution in [0.4, 0.5) is 0 Å². The maximum absolute atomic E-state index is 12.6. The van der Waals surface area contributed by atoms with E-state index in [2.05, 4.69) is 15.4 Å². The highest BCUT2D eigenvalue weighted by molar-refractivity contribution is 6.42. The molecule has 0 aliphatic carbocycles. The van der Waals surface area contributed by atoms with Crippen molar-refractivity contribution in [3.8, 4) is 5.69 Å². The summed E-state index contributed by atoms with van der Waals surface area (Å²) in [6, 6.07) is 10.6. The highest BCUT2D eigenvalue weighted by Gasteiger charge is 2.15. The first-order valence-electron chi connectivity index (χ1n) is 7.67. The normalized spacial score (nSPS) is 12.0. The lowest BCUT2D eigenvalue weighted by Crippen LogP contribution is -2.27. The number of benzene rings is 2. The second-order valence-electron chi connectivity index (χ2n) is 5.71. The van der Waals surface area contributed by atoms with Crippen molar-refractivity contribution < 1.29 is 4.79 Å². The van der Waals surface area contributed by atoms with E-state index < -0.39 is 0 Å². The smallest absolute Gasteiger partial charge is 0.252 e. The number of hydrogen-bond donors (Lipinski definition) is 1. The maximum atomic E-state index is 12.6. The first-order valence-corrected chi connectivity index (χ1v) is 8.43. The molecule has 0 spiro atoms. The lowest BCUT2D eigenvalue weighted by Gasteiger charge is -2.16. The summed E-state index contributed by atoms with van der Waals surface area (Å²) < 4.78 is 1.65. The van der Waals surface area contributed by atoms with Gasteiger partial charge in [-0.25, -0.2) is 9.67 Å². The Hall–Kier alpha value is -2.37. The zero-order valence-corrected chi connectivity index (χ0v) is 15.2. The lowest BCUT2D eigenvalue weighted by molar-refractivity contribution is 0.0939. The Bertz CT molecular complexity index is 909. The third kappa shape index (κ3) is 3.83. The van der Waals surface area contributed by atoms with Gasteiger partial charge in [-0.05, 0) is 55.3 Å². The maximum Gasteiger partial charge on any atom is 0.252 e. The molecule has 0 aliphatic rings. The van der Waals surface area contributed by atoms with Gasteiger partial charge in [0.2, 0.25) is 0 Å². The van der Waals surface area contributed by atoms with Gasteiger partial charge in [-0.3, -0.25) is 4.79 Å². The van der Waals surface area contributed by atoms with Crippen molar-refractivity contribution >= 4 is 29.1 Å². The molecule has 3 aromatic rings. The Morgan fingerprint density at radius 1 is 1.16 bits per heavy atom. The van der Waals surface area contributed by atoms with E-state index in [1.807, 2.05) is 32.0 Å². The van der Waals surface area contributed by atoms with Gasteiger partial charge in [-0.15, -0.1) is 0 Å². The van der Waals surface area contributed by atoms with Crippen LogP contribution in [0.3, 0.4) is 0 Å². The van der Waals surface area contributed by atoms with Crippen LogP contribution >= 0.6 is 23.2 Å². The van der Waals surface area contributed by atoms with Gasteiger partial charge in [-0.2, -0.15) is 5.10 Å². The van der Waals surface area contributed by atoms with E-state index in [1.54, 1.807) is 29.2 Å². The Morgan fingerprint density at radius 2 is 1.96 bits per heavy atom. The molecule has 1 atom stereocenters. The van der Waals surface area contributed by atoms with Crippen LogP contribution in [0.5, 0.6) is 0 Å². The Morgan fingerprint density at radius 3 is 2.60 bits per heavy atom. The van der Waals surface area contributed by atoms with Crippen LogP contribution in [0.2, 0.25) is 10.0 Å². The van der Waals surface area contributed by atoms with Crippen molar-refractivity contribution in [2.75, 3.05) is 0 Å². The van der Waals surface area contributed by atoms with Gasteiger partial charge in [-0.1, -0.05) is 29.3 Å². The van der Waals surface area contributed by atoms with E-state index in [9.17, 15) is 4.79 Å². The molecule has 3 rings (SSSR count).